The van der Waals surface area contributed by atoms with Crippen LogP contribution in [0.15, 0.2) is 0 Å². The van der Waals surface area contributed by atoms with Crippen LogP contribution in [0.3, 0.4) is 0 Å². The minimum atomic E-state index is 0.620. The first kappa shape index (κ1) is 5.91. The minimum Gasteiger partial charge on any atom is -0.339 e. The van der Waals surface area contributed by atoms with Crippen molar-refractivity contribution in [1.82, 2.24) is 10.6 Å². The lowest BCUT2D eigenvalue weighted by molar-refractivity contribution is 0.323. The fourth-order valence-corrected chi connectivity index (χ4v) is 1.73. The summed E-state index contributed by atoms with van der Waals surface area (Å²) in [7, 11) is 0. The van der Waals surface area contributed by atoms with Gasteiger partial charge in [0.1, 0.15) is 0 Å². The summed E-state index contributed by atoms with van der Waals surface area (Å²) in [5.41, 5.74) is 0. The molecule has 2 nitrogen and oxygen atoms in total. The molecule has 1 fully saturated rings. The fraction of sp³-hybridized carbons (Fsp3) is 0.750. The molecule has 2 N–H and O–H groups in total. The topological polar surface area (TPSA) is 24.1 Å². The Hall–Kier alpha value is -0.840. The third-order valence-electron chi connectivity index (χ3n) is 2.34. The standard InChI is InChI=1S/C8H12N2/c1-2-4-8-7(3-1)9-5-6-10-8/h7-10H,1-4H2. The third-order valence-corrected chi connectivity index (χ3v) is 2.34. The smallest absolute Gasteiger partial charge is 0.0549 e. The Balaban J connectivity index is 2.04. The van der Waals surface area contributed by atoms with Gasteiger partial charge in [-0.25, -0.2) is 0 Å². The molecule has 2 heteroatoms. The summed E-state index contributed by atoms with van der Waals surface area (Å²) in [5.74, 6) is 0. The zero-order valence-electron chi connectivity index (χ0n) is 5.98. The SMILES string of the molecule is C1#CNC2CCCCC2N1. The largest absolute Gasteiger partial charge is 0.339 e. The summed E-state index contributed by atoms with van der Waals surface area (Å²) in [6.07, 6.45) is 5.29. The molecule has 0 aromatic heterocycles. The summed E-state index contributed by atoms with van der Waals surface area (Å²) in [5, 5.41) is 6.39. The van der Waals surface area contributed by atoms with Crippen molar-refractivity contribution < 1.29 is 0 Å². The van der Waals surface area contributed by atoms with Gasteiger partial charge in [0.15, 0.2) is 0 Å². The summed E-state index contributed by atoms with van der Waals surface area (Å²) < 4.78 is 0. The molecule has 0 aromatic carbocycles. The molecule has 54 valence electrons. The van der Waals surface area contributed by atoms with Gasteiger partial charge in [-0.05, 0) is 12.8 Å². The third kappa shape index (κ3) is 0.923. The Morgan fingerprint density at radius 1 is 0.900 bits per heavy atom. The molecule has 1 aliphatic carbocycles. The Labute approximate surface area is 61.4 Å². The lowest BCUT2D eigenvalue weighted by Gasteiger charge is -2.32. The van der Waals surface area contributed by atoms with Crippen molar-refractivity contribution in [1.29, 1.82) is 0 Å². The number of hydrogen-bond donors (Lipinski definition) is 2. The van der Waals surface area contributed by atoms with Crippen molar-refractivity contribution in [2.24, 2.45) is 0 Å². The number of rotatable bonds is 0. The normalized spacial score (nSPS) is 36.0. The van der Waals surface area contributed by atoms with E-state index in [1.807, 2.05) is 0 Å². The molecule has 2 rings (SSSR count). The van der Waals surface area contributed by atoms with Crippen LogP contribution in [0.5, 0.6) is 0 Å². The highest BCUT2D eigenvalue weighted by Crippen LogP contribution is 2.18. The Morgan fingerprint density at radius 3 is 1.90 bits per heavy atom. The molecule has 1 aliphatic heterocycles. The highest BCUT2D eigenvalue weighted by Gasteiger charge is 2.24. The first-order valence-electron chi connectivity index (χ1n) is 3.98. The van der Waals surface area contributed by atoms with Gasteiger partial charge in [0.25, 0.3) is 0 Å². The molecule has 2 atom stereocenters. The molecule has 1 saturated carbocycles. The average molecular weight is 136 g/mol. The second-order valence-electron chi connectivity index (χ2n) is 3.04. The minimum absolute atomic E-state index is 0.620. The van der Waals surface area contributed by atoms with E-state index in [9.17, 15) is 0 Å². The van der Waals surface area contributed by atoms with Crippen LogP contribution < -0.4 is 10.6 Å². The van der Waals surface area contributed by atoms with Crippen molar-refractivity contribution in [2.45, 2.75) is 37.8 Å². The van der Waals surface area contributed by atoms with E-state index < -0.39 is 0 Å². The fourth-order valence-electron chi connectivity index (χ4n) is 1.73. The maximum Gasteiger partial charge on any atom is 0.0549 e. The summed E-state index contributed by atoms with van der Waals surface area (Å²) in [6, 6.07) is 6.99. The zero-order valence-corrected chi connectivity index (χ0v) is 5.98. The molecular weight excluding hydrogens is 124 g/mol. The van der Waals surface area contributed by atoms with Crippen molar-refractivity contribution in [3.8, 4) is 12.1 Å². The second kappa shape index (κ2) is 2.42. The van der Waals surface area contributed by atoms with E-state index in [0.717, 1.165) is 0 Å². The molecule has 0 aromatic rings. The van der Waals surface area contributed by atoms with Crippen LogP contribution in [-0.2, 0) is 0 Å². The van der Waals surface area contributed by atoms with Crippen LogP contribution in [0.1, 0.15) is 25.7 Å². The lowest BCUT2D eigenvalue weighted by Crippen LogP contribution is -2.49. The molecular formula is C8H12N2. The monoisotopic (exact) mass is 136 g/mol. The Bertz CT molecular complexity index is 159. The average Bonchev–Trinajstić information content (AvgIpc) is 2.05. The molecule has 0 bridgehead atoms. The maximum absolute atomic E-state index is 3.20. The quantitative estimate of drug-likeness (QED) is 0.471. The van der Waals surface area contributed by atoms with Crippen molar-refractivity contribution in [2.75, 3.05) is 0 Å². The Kier molecular flexibility index (Phi) is 1.43. The van der Waals surface area contributed by atoms with E-state index >= 15 is 0 Å². The van der Waals surface area contributed by atoms with Gasteiger partial charge < -0.3 is 10.6 Å². The Morgan fingerprint density at radius 2 is 1.40 bits per heavy atom. The predicted molar refractivity (Wildman–Crippen MR) is 40.1 cm³/mol. The van der Waals surface area contributed by atoms with Crippen LogP contribution in [-0.4, -0.2) is 12.1 Å². The maximum atomic E-state index is 3.20. The zero-order chi connectivity index (χ0) is 6.81. The van der Waals surface area contributed by atoms with Crippen molar-refractivity contribution in [3.05, 3.63) is 0 Å². The van der Waals surface area contributed by atoms with E-state index in [1.54, 1.807) is 0 Å². The van der Waals surface area contributed by atoms with Gasteiger partial charge in [-0.1, -0.05) is 12.8 Å². The molecule has 0 amide bonds. The van der Waals surface area contributed by atoms with Gasteiger partial charge in [0.2, 0.25) is 0 Å². The summed E-state index contributed by atoms with van der Waals surface area (Å²) in [4.78, 5) is 0. The summed E-state index contributed by atoms with van der Waals surface area (Å²) in [6.45, 7) is 0. The van der Waals surface area contributed by atoms with Gasteiger partial charge in [-0.2, -0.15) is 0 Å². The molecule has 0 saturated heterocycles. The van der Waals surface area contributed by atoms with Gasteiger partial charge in [0.05, 0.1) is 12.1 Å². The van der Waals surface area contributed by atoms with Crippen LogP contribution >= 0.6 is 0 Å². The number of nitrogens with one attached hydrogen (secondary N) is 2. The van der Waals surface area contributed by atoms with Gasteiger partial charge in [-0.3, -0.25) is 0 Å². The molecule has 1 heterocycles. The van der Waals surface area contributed by atoms with Crippen molar-refractivity contribution in [3.63, 3.8) is 0 Å². The highest BCUT2D eigenvalue weighted by molar-refractivity contribution is 5.07. The number of fused-ring (bicyclic) bond motifs is 1. The van der Waals surface area contributed by atoms with E-state index in [0.29, 0.717) is 12.1 Å². The van der Waals surface area contributed by atoms with Gasteiger partial charge >= 0.3 is 0 Å². The molecule has 2 unspecified atom stereocenters. The predicted octanol–water partition coefficient (Wildman–Crippen LogP) is 0.409. The van der Waals surface area contributed by atoms with E-state index in [4.69, 9.17) is 0 Å². The van der Waals surface area contributed by atoms with Crippen LogP contribution in [0, 0.1) is 12.1 Å². The second-order valence-corrected chi connectivity index (χ2v) is 3.04. The molecule has 2 aliphatic rings. The summed E-state index contributed by atoms with van der Waals surface area (Å²) >= 11 is 0. The molecule has 10 heavy (non-hydrogen) atoms. The first-order chi connectivity index (χ1) is 4.97. The highest BCUT2D eigenvalue weighted by atomic mass is 15.0. The van der Waals surface area contributed by atoms with Crippen molar-refractivity contribution >= 4 is 0 Å². The van der Waals surface area contributed by atoms with Crippen LogP contribution in [0.25, 0.3) is 0 Å². The van der Waals surface area contributed by atoms with E-state index in [2.05, 4.69) is 22.7 Å². The van der Waals surface area contributed by atoms with E-state index in [1.165, 1.54) is 25.7 Å². The van der Waals surface area contributed by atoms with Crippen LogP contribution in [0.4, 0.5) is 0 Å². The lowest BCUT2D eigenvalue weighted by atomic mass is 9.90. The molecule has 0 spiro atoms. The van der Waals surface area contributed by atoms with Gasteiger partial charge in [0, 0.05) is 12.1 Å². The molecule has 0 radical (unpaired) electrons. The first-order valence-corrected chi connectivity index (χ1v) is 3.98. The van der Waals surface area contributed by atoms with E-state index in [-0.39, 0.29) is 0 Å². The van der Waals surface area contributed by atoms with Gasteiger partial charge in [-0.15, -0.1) is 0 Å². The van der Waals surface area contributed by atoms with Crippen LogP contribution in [0.2, 0.25) is 0 Å². The number of hydrogen-bond acceptors (Lipinski definition) is 2.